The summed E-state index contributed by atoms with van der Waals surface area (Å²) in [6, 6.07) is 18.1. The lowest BCUT2D eigenvalue weighted by Crippen LogP contribution is -2.22. The molecule has 2 aromatic carbocycles. The summed E-state index contributed by atoms with van der Waals surface area (Å²) in [7, 11) is 0. The molecule has 2 heterocycles. The van der Waals surface area contributed by atoms with E-state index in [0.29, 0.717) is 35.8 Å². The second kappa shape index (κ2) is 9.46. The molecular formula is C25H25FN4OS. The topological polar surface area (TPSA) is 72.9 Å². The maximum Gasteiger partial charge on any atom is 0.263 e. The normalized spacial score (nSPS) is 11.0. The molecule has 0 unspecified atom stereocenters. The highest BCUT2D eigenvalue weighted by atomic mass is 32.1. The van der Waals surface area contributed by atoms with Crippen LogP contribution in [0.2, 0.25) is 0 Å². The second-order valence-corrected chi connectivity index (χ2v) is 8.78. The van der Waals surface area contributed by atoms with E-state index >= 15 is 0 Å². The van der Waals surface area contributed by atoms with Crippen molar-refractivity contribution in [2.45, 2.75) is 33.5 Å². The number of nitrogens with two attached hydrogens (primary N) is 1. The van der Waals surface area contributed by atoms with Gasteiger partial charge in [-0.1, -0.05) is 36.4 Å². The van der Waals surface area contributed by atoms with Crippen LogP contribution in [0.3, 0.4) is 0 Å². The number of aryl methyl sites for hydroxylation is 2. The molecule has 0 aliphatic carbocycles. The van der Waals surface area contributed by atoms with Gasteiger partial charge in [-0.05, 0) is 49.2 Å². The van der Waals surface area contributed by atoms with Crippen LogP contribution in [0.4, 0.5) is 4.39 Å². The summed E-state index contributed by atoms with van der Waals surface area (Å²) in [5.41, 5.74) is 11.0. The second-order valence-electron chi connectivity index (χ2n) is 7.70. The summed E-state index contributed by atoms with van der Waals surface area (Å²) >= 11 is 1.34. The molecule has 2 aromatic heterocycles. The molecule has 1 amide bonds. The predicted molar refractivity (Wildman–Crippen MR) is 126 cm³/mol. The van der Waals surface area contributed by atoms with E-state index in [1.807, 2.05) is 38.1 Å². The van der Waals surface area contributed by atoms with Crippen molar-refractivity contribution in [1.29, 1.82) is 0 Å². The number of benzene rings is 2. The number of aromatic nitrogens is 2. The fraction of sp³-hybridized carbons (Fsp3) is 0.200. The number of hydrogen-bond acceptors (Lipinski definition) is 4. The van der Waals surface area contributed by atoms with Crippen LogP contribution in [0.15, 0.2) is 60.7 Å². The zero-order valence-corrected chi connectivity index (χ0v) is 18.9. The summed E-state index contributed by atoms with van der Waals surface area (Å²) in [4.78, 5) is 18.3. The Kier molecular flexibility index (Phi) is 6.48. The Morgan fingerprint density at radius 3 is 2.41 bits per heavy atom. The standard InChI is InChI=1S/C25H25FN4OS/c1-16-6-7-17(2)30(16)15-22-29-23(20-4-3-5-21(26)12-20)24(32-22)25(31)28-14-19-10-8-18(13-27)9-11-19/h3-12H,13-15,27H2,1-2H3,(H,28,31). The lowest BCUT2D eigenvalue weighted by molar-refractivity contribution is 0.0955. The SMILES string of the molecule is Cc1ccc(C)n1Cc1nc(-c2cccc(F)c2)c(C(=O)NCc2ccc(CN)cc2)s1. The van der Waals surface area contributed by atoms with E-state index in [-0.39, 0.29) is 11.7 Å². The molecule has 5 nitrogen and oxygen atoms in total. The van der Waals surface area contributed by atoms with Gasteiger partial charge in [0, 0.05) is 30.0 Å². The highest BCUT2D eigenvalue weighted by Gasteiger charge is 2.20. The molecule has 7 heteroatoms. The molecule has 0 aliphatic rings. The minimum atomic E-state index is -0.361. The first-order valence-corrected chi connectivity index (χ1v) is 11.2. The number of halogens is 1. The lowest BCUT2D eigenvalue weighted by atomic mass is 10.1. The first kappa shape index (κ1) is 21.9. The highest BCUT2D eigenvalue weighted by Crippen LogP contribution is 2.30. The Hall–Kier alpha value is -3.29. The van der Waals surface area contributed by atoms with Crippen LogP contribution in [-0.4, -0.2) is 15.5 Å². The average molecular weight is 449 g/mol. The fourth-order valence-electron chi connectivity index (χ4n) is 3.56. The summed E-state index contributed by atoms with van der Waals surface area (Å²) in [5, 5.41) is 3.77. The molecule has 0 fully saturated rings. The van der Waals surface area contributed by atoms with Gasteiger partial charge in [0.15, 0.2) is 0 Å². The number of carbonyl (C=O) groups is 1. The minimum absolute atomic E-state index is 0.225. The molecule has 0 spiro atoms. The average Bonchev–Trinajstić information content (AvgIpc) is 3.37. The Balaban J connectivity index is 1.62. The lowest BCUT2D eigenvalue weighted by Gasteiger charge is -2.06. The van der Waals surface area contributed by atoms with Crippen LogP contribution in [0.5, 0.6) is 0 Å². The van der Waals surface area contributed by atoms with Crippen molar-refractivity contribution < 1.29 is 9.18 Å². The van der Waals surface area contributed by atoms with Gasteiger partial charge in [-0.3, -0.25) is 4.79 Å². The summed E-state index contributed by atoms with van der Waals surface area (Å²) in [6.07, 6.45) is 0. The van der Waals surface area contributed by atoms with Crippen LogP contribution in [0.25, 0.3) is 11.3 Å². The van der Waals surface area contributed by atoms with Crippen molar-refractivity contribution in [1.82, 2.24) is 14.9 Å². The van der Waals surface area contributed by atoms with Crippen molar-refractivity contribution >= 4 is 17.2 Å². The van der Waals surface area contributed by atoms with Gasteiger partial charge in [0.2, 0.25) is 0 Å². The number of carbonyl (C=O) groups excluding carboxylic acids is 1. The minimum Gasteiger partial charge on any atom is -0.347 e. The van der Waals surface area contributed by atoms with Crippen LogP contribution in [0.1, 0.15) is 37.2 Å². The molecular weight excluding hydrogens is 423 g/mol. The van der Waals surface area contributed by atoms with E-state index in [0.717, 1.165) is 27.5 Å². The fourth-order valence-corrected chi connectivity index (χ4v) is 4.55. The van der Waals surface area contributed by atoms with Gasteiger partial charge in [0.1, 0.15) is 15.7 Å². The molecule has 32 heavy (non-hydrogen) atoms. The zero-order valence-electron chi connectivity index (χ0n) is 18.1. The predicted octanol–water partition coefficient (Wildman–Crippen LogP) is 4.80. The maximum absolute atomic E-state index is 13.9. The quantitative estimate of drug-likeness (QED) is 0.426. The van der Waals surface area contributed by atoms with Crippen molar-refractivity contribution in [3.8, 4) is 11.3 Å². The van der Waals surface area contributed by atoms with Crippen LogP contribution >= 0.6 is 11.3 Å². The van der Waals surface area contributed by atoms with Gasteiger partial charge in [-0.2, -0.15) is 0 Å². The first-order chi connectivity index (χ1) is 15.4. The number of hydrogen-bond donors (Lipinski definition) is 2. The molecule has 0 atom stereocenters. The van der Waals surface area contributed by atoms with Crippen LogP contribution in [-0.2, 0) is 19.6 Å². The van der Waals surface area contributed by atoms with E-state index < -0.39 is 0 Å². The Morgan fingerprint density at radius 1 is 1.06 bits per heavy atom. The van der Waals surface area contributed by atoms with E-state index in [9.17, 15) is 9.18 Å². The molecule has 164 valence electrons. The van der Waals surface area contributed by atoms with Crippen LogP contribution in [0, 0.1) is 19.7 Å². The smallest absolute Gasteiger partial charge is 0.263 e. The number of amides is 1. The third kappa shape index (κ3) is 4.79. The monoisotopic (exact) mass is 448 g/mol. The Labute approximate surface area is 190 Å². The van der Waals surface area contributed by atoms with Gasteiger partial charge in [0.25, 0.3) is 5.91 Å². The molecule has 0 bridgehead atoms. The molecule has 3 N–H and O–H groups in total. The van der Waals surface area contributed by atoms with Crippen molar-refractivity contribution in [2.75, 3.05) is 0 Å². The van der Waals surface area contributed by atoms with Gasteiger partial charge in [-0.15, -0.1) is 11.3 Å². The first-order valence-electron chi connectivity index (χ1n) is 10.4. The third-order valence-corrected chi connectivity index (χ3v) is 6.44. The number of nitrogens with one attached hydrogen (secondary N) is 1. The largest absolute Gasteiger partial charge is 0.347 e. The van der Waals surface area contributed by atoms with E-state index in [4.69, 9.17) is 10.7 Å². The molecule has 4 rings (SSSR count). The van der Waals surface area contributed by atoms with Gasteiger partial charge < -0.3 is 15.6 Å². The summed E-state index contributed by atoms with van der Waals surface area (Å²) in [6.45, 7) is 5.50. The number of nitrogens with zero attached hydrogens (tertiary/aromatic N) is 2. The molecule has 0 saturated carbocycles. The van der Waals surface area contributed by atoms with E-state index in [2.05, 4.69) is 22.0 Å². The van der Waals surface area contributed by atoms with E-state index in [1.54, 1.807) is 12.1 Å². The van der Waals surface area contributed by atoms with Crippen molar-refractivity contribution in [3.05, 3.63) is 98.9 Å². The summed E-state index contributed by atoms with van der Waals surface area (Å²) in [5.74, 6) is -0.586. The number of rotatable bonds is 7. The van der Waals surface area contributed by atoms with Crippen molar-refractivity contribution in [2.24, 2.45) is 5.73 Å². The van der Waals surface area contributed by atoms with Gasteiger partial charge in [0.05, 0.1) is 12.2 Å². The Morgan fingerprint density at radius 2 is 1.75 bits per heavy atom. The molecule has 0 radical (unpaired) electrons. The van der Waals surface area contributed by atoms with E-state index in [1.165, 1.54) is 23.5 Å². The number of thiazole rings is 1. The van der Waals surface area contributed by atoms with Gasteiger partial charge >= 0.3 is 0 Å². The third-order valence-electron chi connectivity index (χ3n) is 5.40. The van der Waals surface area contributed by atoms with Crippen molar-refractivity contribution in [3.63, 3.8) is 0 Å². The molecule has 0 saturated heterocycles. The Bertz CT molecular complexity index is 1220. The molecule has 4 aromatic rings. The zero-order chi connectivity index (χ0) is 22.7. The van der Waals surface area contributed by atoms with Crippen LogP contribution < -0.4 is 11.1 Å². The summed E-state index contributed by atoms with van der Waals surface area (Å²) < 4.78 is 16.0. The van der Waals surface area contributed by atoms with Gasteiger partial charge in [-0.25, -0.2) is 9.37 Å². The molecule has 0 aliphatic heterocycles. The maximum atomic E-state index is 13.9. The highest BCUT2D eigenvalue weighted by molar-refractivity contribution is 7.14.